The van der Waals surface area contributed by atoms with E-state index in [1.807, 2.05) is 0 Å². The summed E-state index contributed by atoms with van der Waals surface area (Å²) in [6.07, 6.45) is 7.36. The van der Waals surface area contributed by atoms with Crippen LogP contribution in [-0.4, -0.2) is 6.94 Å². The maximum atomic E-state index is 2.74. The molecule has 2 aromatic rings. The Morgan fingerprint density at radius 1 is 0.714 bits per heavy atom. The molecule has 2 atom stereocenters. The monoisotopic (exact) mass is 598 g/mol. The van der Waals surface area contributed by atoms with E-state index in [-0.39, 0.29) is 24.8 Å². The first-order valence-corrected chi connectivity index (χ1v) is 29.7. The Balaban J connectivity index is 0.00000140. The van der Waals surface area contributed by atoms with E-state index in [0.29, 0.717) is 7.35 Å². The Morgan fingerprint density at radius 3 is 1.43 bits per heavy atom. The van der Waals surface area contributed by atoms with E-state index in [2.05, 4.69) is 90.8 Å². The predicted molar refractivity (Wildman–Crippen MR) is 130 cm³/mol. The van der Waals surface area contributed by atoms with Gasteiger partial charge in [-0.25, -0.2) is 0 Å². The molecule has 28 heavy (non-hydrogen) atoms. The van der Waals surface area contributed by atoms with E-state index in [0.717, 1.165) is 0 Å². The number of hydrogen-bond acceptors (Lipinski definition) is 0. The minimum absolute atomic E-state index is 0. The molecule has 0 bridgehead atoms. The summed E-state index contributed by atoms with van der Waals surface area (Å²) in [6, 6.07) is 18.3. The second kappa shape index (κ2) is 8.38. The fourth-order valence-corrected chi connectivity index (χ4v) is 34.9. The molecule has 0 nitrogen and oxygen atoms in total. The van der Waals surface area contributed by atoms with Gasteiger partial charge in [-0.2, -0.15) is 0 Å². The van der Waals surface area contributed by atoms with Gasteiger partial charge in [-0.05, 0) is 0 Å². The molecule has 2 aromatic carbocycles. The van der Waals surface area contributed by atoms with Crippen LogP contribution in [0.25, 0.3) is 12.2 Å². The van der Waals surface area contributed by atoms with Crippen molar-refractivity contribution in [2.75, 3.05) is 0 Å². The molecule has 2 unspecified atom stereocenters. The van der Waals surface area contributed by atoms with E-state index in [9.17, 15) is 0 Å². The molecule has 150 valence electrons. The summed E-state index contributed by atoms with van der Waals surface area (Å²) in [5.41, 5.74) is 9.53. The predicted octanol–water partition coefficient (Wildman–Crippen LogP) is 7.26. The second-order valence-electron chi connectivity index (χ2n) is 9.21. The van der Waals surface area contributed by atoms with E-state index in [1.165, 1.54) is 24.0 Å². The van der Waals surface area contributed by atoms with Crippen molar-refractivity contribution < 1.29 is 17.1 Å². The fraction of sp³-hybridized carbons (Fsp3) is 0.333. The zero-order valence-corrected chi connectivity index (χ0v) is 24.0. The third-order valence-electron chi connectivity index (χ3n) is 6.75. The van der Waals surface area contributed by atoms with Crippen LogP contribution in [0.3, 0.4) is 0 Å². The van der Waals surface area contributed by atoms with Crippen molar-refractivity contribution in [1.29, 1.82) is 0 Å². The molecule has 0 saturated carbocycles. The van der Waals surface area contributed by atoms with Gasteiger partial charge in [0.05, 0.1) is 0 Å². The molecule has 4 rings (SSSR count). The first-order valence-electron chi connectivity index (χ1n) is 10.0. The van der Waals surface area contributed by atoms with Gasteiger partial charge >= 0.3 is 162 Å². The number of benzene rings is 2. The second-order valence-corrected chi connectivity index (χ2v) is 52.7. The molecule has 0 radical (unpaired) electrons. The third-order valence-corrected chi connectivity index (χ3v) is 32.0. The van der Waals surface area contributed by atoms with Gasteiger partial charge in [-0.15, -0.1) is 24.8 Å². The minimum Gasteiger partial charge on any atom is -0.147 e. The van der Waals surface area contributed by atoms with Crippen molar-refractivity contribution in [2.45, 2.75) is 43.4 Å². The minimum atomic E-state index is -3.36. The number of fused-ring (bicyclic) bond motifs is 2. The summed E-state index contributed by atoms with van der Waals surface area (Å²) in [4.78, 5) is 0. The Labute approximate surface area is 185 Å². The molecule has 0 N–H and O–H groups in total. The third kappa shape index (κ3) is 3.60. The Morgan fingerprint density at radius 2 is 1.07 bits per heavy atom. The van der Waals surface area contributed by atoms with Crippen LogP contribution in [0.4, 0.5) is 0 Å². The Hall–Kier alpha value is -0.413. The standard InChI is InChI=1S/2C11H11.2CH3.2ClH.Hf.H2Si/c2*1-2-9-7-10-5-3-4-6-11(10)8-9;;;;;;/h2*3-8H,2H2,1H3;2*1H3;2*1H;;1H2. The van der Waals surface area contributed by atoms with Crippen LogP contribution in [0.1, 0.15) is 56.3 Å². The smallest absolute Gasteiger partial charge is 0.147 e. The van der Waals surface area contributed by atoms with E-state index >= 15 is 0 Å². The van der Waals surface area contributed by atoms with Crippen LogP contribution in [0.15, 0.2) is 59.7 Å². The molecule has 0 fully saturated rings. The first-order chi connectivity index (χ1) is 12.4. The van der Waals surface area contributed by atoms with Gasteiger partial charge in [-0.1, -0.05) is 0 Å². The molecule has 0 amide bonds. The van der Waals surface area contributed by atoms with Gasteiger partial charge in [-0.3, -0.25) is 0 Å². The summed E-state index contributed by atoms with van der Waals surface area (Å²) in [5.74, 6) is 0. The van der Waals surface area contributed by atoms with Gasteiger partial charge in [0.15, 0.2) is 0 Å². The number of hydrogen-bond donors (Lipinski definition) is 0. The summed E-state index contributed by atoms with van der Waals surface area (Å²) < 4.78 is 6.83. The van der Waals surface area contributed by atoms with E-state index in [1.54, 1.807) is 22.3 Å². The summed E-state index contributed by atoms with van der Waals surface area (Å²) in [5, 5.41) is 0. The van der Waals surface area contributed by atoms with Crippen LogP contribution < -0.4 is 0 Å². The molecule has 2 aliphatic carbocycles. The van der Waals surface area contributed by atoms with Crippen LogP contribution in [0, 0.1) is 0 Å². The van der Waals surface area contributed by atoms with E-state index in [4.69, 9.17) is 0 Å². The summed E-state index contributed by atoms with van der Waals surface area (Å²) >= 11 is -3.36. The molecule has 0 aromatic heterocycles. The fourth-order valence-electron chi connectivity index (χ4n) is 5.79. The molecule has 0 saturated heterocycles. The van der Waals surface area contributed by atoms with Crippen molar-refractivity contribution in [3.05, 3.63) is 81.9 Å². The quantitative estimate of drug-likeness (QED) is 0.326. The molecule has 0 aliphatic heterocycles. The molecule has 0 spiro atoms. The van der Waals surface area contributed by atoms with Gasteiger partial charge in [0.2, 0.25) is 0 Å². The Kier molecular flexibility index (Phi) is 7.14. The van der Waals surface area contributed by atoms with Crippen molar-refractivity contribution in [1.82, 2.24) is 0 Å². The number of rotatable bonds is 4. The average molecular weight is 598 g/mol. The zero-order chi connectivity index (χ0) is 18.6. The van der Waals surface area contributed by atoms with Crippen LogP contribution >= 0.6 is 24.8 Å². The summed E-state index contributed by atoms with van der Waals surface area (Å²) in [7, 11) is 0. The molecule has 4 heteroatoms. The summed E-state index contributed by atoms with van der Waals surface area (Å²) in [6.45, 7) is 7.15. The van der Waals surface area contributed by atoms with E-state index < -0.39 is 17.1 Å². The topological polar surface area (TPSA) is 0 Å². The SMILES string of the molecule is CCC1=Cc2ccccc2[CH]1[Hf]([CH3])([CH3])(=[SiH2])[CH]1C(CC)=Cc2ccccc21.Cl.Cl. The number of halogens is 2. The van der Waals surface area contributed by atoms with Crippen molar-refractivity contribution >= 4 is 43.9 Å². The molecule has 2 aliphatic rings. The number of allylic oxidation sites excluding steroid dienone is 2. The molecular weight excluding hydrogens is 566 g/mol. The normalized spacial score (nSPS) is 20.3. The van der Waals surface area contributed by atoms with Crippen molar-refractivity contribution in [3.63, 3.8) is 0 Å². The molecule has 0 heterocycles. The van der Waals surface area contributed by atoms with Crippen LogP contribution in [0.5, 0.6) is 0 Å². The van der Waals surface area contributed by atoms with Gasteiger partial charge in [0.25, 0.3) is 0 Å². The van der Waals surface area contributed by atoms with Crippen LogP contribution in [0.2, 0.25) is 9.36 Å². The maximum Gasteiger partial charge on any atom is -0.147 e. The first kappa shape index (κ1) is 23.9. The zero-order valence-electron chi connectivity index (χ0n) is 17.4. The maximum absolute atomic E-state index is 3.36. The van der Waals surface area contributed by atoms with Crippen molar-refractivity contribution in [3.8, 4) is 0 Å². The molecular formula is C24H32Cl2HfSi. The van der Waals surface area contributed by atoms with Gasteiger partial charge < -0.3 is 0 Å². The largest absolute Gasteiger partial charge is 0.147 e. The van der Waals surface area contributed by atoms with Gasteiger partial charge in [0.1, 0.15) is 0 Å². The van der Waals surface area contributed by atoms with Crippen molar-refractivity contribution in [2.24, 2.45) is 0 Å². The van der Waals surface area contributed by atoms with Gasteiger partial charge in [0, 0.05) is 0 Å². The van der Waals surface area contributed by atoms with Crippen LogP contribution in [-0.2, 0) is 17.1 Å². The average Bonchev–Trinajstić information content (AvgIpc) is 3.20. The Bertz CT molecular complexity index is 937.